The van der Waals surface area contributed by atoms with E-state index in [2.05, 4.69) is 11.8 Å². The van der Waals surface area contributed by atoms with Crippen LogP contribution in [0.15, 0.2) is 47.4 Å². The third-order valence-electron chi connectivity index (χ3n) is 5.10. The van der Waals surface area contributed by atoms with Crippen LogP contribution in [0.2, 0.25) is 5.02 Å². The summed E-state index contributed by atoms with van der Waals surface area (Å²) in [6, 6.07) is 12.0. The molecule has 1 fully saturated rings. The Hall–Kier alpha value is -1.47. The van der Waals surface area contributed by atoms with Crippen LogP contribution in [0.5, 0.6) is 0 Å². The Balaban J connectivity index is 1.59. The molecule has 7 heteroatoms. The highest BCUT2D eigenvalue weighted by Crippen LogP contribution is 2.21. The number of aryl methyl sites for hydroxylation is 1. The Labute approximate surface area is 172 Å². The first-order valence-corrected chi connectivity index (χ1v) is 11.5. The zero-order chi connectivity index (χ0) is 20.1. The second-order valence-electron chi connectivity index (χ2n) is 7.18. The molecule has 0 bridgehead atoms. The Morgan fingerprint density at radius 1 is 1.00 bits per heavy atom. The highest BCUT2D eigenvalue weighted by atomic mass is 35.5. The van der Waals surface area contributed by atoms with Gasteiger partial charge in [0.15, 0.2) is 0 Å². The van der Waals surface area contributed by atoms with Crippen LogP contribution in [0, 0.1) is 5.82 Å². The van der Waals surface area contributed by atoms with Crippen LogP contribution >= 0.6 is 11.6 Å². The molecule has 0 aliphatic carbocycles. The maximum absolute atomic E-state index is 13.3. The Bertz CT molecular complexity index is 895. The molecule has 28 heavy (non-hydrogen) atoms. The van der Waals surface area contributed by atoms with Crippen molar-refractivity contribution in [3.05, 3.63) is 64.4 Å². The van der Waals surface area contributed by atoms with Gasteiger partial charge in [0.05, 0.1) is 9.92 Å². The minimum absolute atomic E-state index is 0.112. The molecule has 1 aliphatic rings. The second kappa shape index (κ2) is 9.35. The van der Waals surface area contributed by atoms with Gasteiger partial charge in [-0.25, -0.2) is 12.8 Å². The fraction of sp³-hybridized carbons (Fsp3) is 0.429. The summed E-state index contributed by atoms with van der Waals surface area (Å²) in [6.07, 6.45) is 3.20. The van der Waals surface area contributed by atoms with Gasteiger partial charge in [-0.3, -0.25) is 4.90 Å². The SMILES string of the molecule is CCCCc1ccc(S(=O)(=O)N2CCN(Cc3ccc(F)c(Cl)c3)CC2)cc1. The molecule has 1 saturated heterocycles. The minimum Gasteiger partial charge on any atom is -0.296 e. The van der Waals surface area contributed by atoms with Gasteiger partial charge in [-0.1, -0.05) is 43.1 Å². The van der Waals surface area contributed by atoms with Crippen LogP contribution in [0.3, 0.4) is 0 Å². The molecule has 0 N–H and O–H groups in total. The van der Waals surface area contributed by atoms with Crippen LogP contribution in [-0.2, 0) is 23.0 Å². The first-order chi connectivity index (χ1) is 13.4. The molecule has 3 rings (SSSR count). The number of piperazine rings is 1. The molecule has 0 atom stereocenters. The predicted molar refractivity (Wildman–Crippen MR) is 110 cm³/mol. The van der Waals surface area contributed by atoms with E-state index in [1.54, 1.807) is 28.6 Å². The number of benzene rings is 2. The van der Waals surface area contributed by atoms with Gasteiger partial charge < -0.3 is 0 Å². The molecular formula is C21H26ClFN2O2S. The monoisotopic (exact) mass is 424 g/mol. The highest BCUT2D eigenvalue weighted by Gasteiger charge is 2.28. The van der Waals surface area contributed by atoms with Crippen molar-refractivity contribution in [2.75, 3.05) is 26.2 Å². The van der Waals surface area contributed by atoms with E-state index in [-0.39, 0.29) is 5.02 Å². The summed E-state index contributed by atoms with van der Waals surface area (Å²) in [6.45, 7) is 4.90. The lowest BCUT2D eigenvalue weighted by molar-refractivity contribution is 0.181. The standard InChI is InChI=1S/C21H26ClFN2O2S/c1-2-3-4-17-5-8-19(9-6-17)28(26,27)25-13-11-24(12-14-25)16-18-7-10-21(23)20(22)15-18/h5-10,15H,2-4,11-14,16H2,1H3. The third-order valence-corrected chi connectivity index (χ3v) is 7.30. The number of sulfonamides is 1. The van der Waals surface area contributed by atoms with Crippen LogP contribution < -0.4 is 0 Å². The minimum atomic E-state index is -3.47. The number of unbranched alkanes of at least 4 members (excludes halogenated alkanes) is 1. The van der Waals surface area contributed by atoms with Gasteiger partial charge in [0.25, 0.3) is 0 Å². The molecule has 0 radical (unpaired) electrons. The zero-order valence-electron chi connectivity index (χ0n) is 16.1. The largest absolute Gasteiger partial charge is 0.296 e. The van der Waals surface area contributed by atoms with Crippen molar-refractivity contribution in [2.24, 2.45) is 0 Å². The van der Waals surface area contributed by atoms with E-state index in [0.29, 0.717) is 37.6 Å². The van der Waals surface area contributed by atoms with E-state index >= 15 is 0 Å². The maximum Gasteiger partial charge on any atom is 0.243 e. The van der Waals surface area contributed by atoms with E-state index in [9.17, 15) is 12.8 Å². The van der Waals surface area contributed by atoms with Crippen LogP contribution in [0.1, 0.15) is 30.9 Å². The fourth-order valence-electron chi connectivity index (χ4n) is 3.38. The third kappa shape index (κ3) is 5.11. The molecular weight excluding hydrogens is 399 g/mol. The quantitative estimate of drug-likeness (QED) is 0.664. The molecule has 1 aliphatic heterocycles. The van der Waals surface area contributed by atoms with E-state index < -0.39 is 15.8 Å². The summed E-state index contributed by atoms with van der Waals surface area (Å²) in [5.41, 5.74) is 2.09. The highest BCUT2D eigenvalue weighted by molar-refractivity contribution is 7.89. The topological polar surface area (TPSA) is 40.6 Å². The van der Waals surface area contributed by atoms with Crippen LogP contribution in [-0.4, -0.2) is 43.8 Å². The molecule has 152 valence electrons. The fourth-order valence-corrected chi connectivity index (χ4v) is 5.01. The number of hydrogen-bond acceptors (Lipinski definition) is 3. The van der Waals surface area contributed by atoms with Crippen molar-refractivity contribution in [1.82, 2.24) is 9.21 Å². The number of halogens is 2. The summed E-state index contributed by atoms with van der Waals surface area (Å²) < 4.78 is 40.6. The van der Waals surface area contributed by atoms with Gasteiger partial charge in [-0.05, 0) is 48.2 Å². The Morgan fingerprint density at radius 3 is 2.25 bits per heavy atom. The van der Waals surface area contributed by atoms with E-state index in [1.165, 1.54) is 11.6 Å². The lowest BCUT2D eigenvalue weighted by Gasteiger charge is -2.34. The smallest absolute Gasteiger partial charge is 0.243 e. The van der Waals surface area contributed by atoms with Crippen molar-refractivity contribution >= 4 is 21.6 Å². The van der Waals surface area contributed by atoms with Gasteiger partial charge in [0, 0.05) is 32.7 Å². The van der Waals surface area contributed by atoms with Gasteiger partial charge >= 0.3 is 0 Å². The zero-order valence-corrected chi connectivity index (χ0v) is 17.6. The first-order valence-electron chi connectivity index (χ1n) is 9.65. The average Bonchev–Trinajstić information content (AvgIpc) is 2.70. The molecule has 4 nitrogen and oxygen atoms in total. The molecule has 0 unspecified atom stereocenters. The predicted octanol–water partition coefficient (Wildman–Crippen LogP) is 4.33. The molecule has 0 spiro atoms. The maximum atomic E-state index is 13.3. The van der Waals surface area contributed by atoms with Gasteiger partial charge in [0.1, 0.15) is 5.82 Å². The normalized spacial score (nSPS) is 16.4. The molecule has 0 aromatic heterocycles. The van der Waals surface area contributed by atoms with Gasteiger partial charge in [-0.15, -0.1) is 0 Å². The van der Waals surface area contributed by atoms with E-state index in [0.717, 1.165) is 24.8 Å². The molecule has 0 saturated carbocycles. The van der Waals surface area contributed by atoms with E-state index in [1.807, 2.05) is 12.1 Å². The summed E-state index contributed by atoms with van der Waals surface area (Å²) in [4.78, 5) is 2.51. The number of nitrogens with zero attached hydrogens (tertiary/aromatic N) is 2. The molecule has 1 heterocycles. The average molecular weight is 425 g/mol. The number of rotatable bonds is 7. The van der Waals surface area contributed by atoms with Crippen LogP contribution in [0.25, 0.3) is 0 Å². The van der Waals surface area contributed by atoms with Crippen molar-refractivity contribution in [1.29, 1.82) is 0 Å². The molecule has 2 aromatic carbocycles. The van der Waals surface area contributed by atoms with Crippen molar-refractivity contribution < 1.29 is 12.8 Å². The Morgan fingerprint density at radius 2 is 1.64 bits per heavy atom. The summed E-state index contributed by atoms with van der Waals surface area (Å²) in [5.74, 6) is -0.429. The number of hydrogen-bond donors (Lipinski definition) is 0. The Kier molecular flexibility index (Phi) is 7.10. The van der Waals surface area contributed by atoms with Gasteiger partial charge in [-0.2, -0.15) is 4.31 Å². The van der Waals surface area contributed by atoms with Crippen LogP contribution in [0.4, 0.5) is 4.39 Å². The second-order valence-corrected chi connectivity index (χ2v) is 9.52. The first kappa shape index (κ1) is 21.2. The summed E-state index contributed by atoms with van der Waals surface area (Å²) in [5, 5.41) is 0.112. The lowest BCUT2D eigenvalue weighted by atomic mass is 10.1. The molecule has 2 aromatic rings. The van der Waals surface area contributed by atoms with E-state index in [4.69, 9.17) is 11.6 Å². The molecule has 0 amide bonds. The summed E-state index contributed by atoms with van der Waals surface area (Å²) >= 11 is 5.84. The van der Waals surface area contributed by atoms with Crippen molar-refractivity contribution in [3.63, 3.8) is 0 Å². The summed E-state index contributed by atoms with van der Waals surface area (Å²) in [7, 11) is -3.47. The van der Waals surface area contributed by atoms with Crippen molar-refractivity contribution in [2.45, 2.75) is 37.6 Å². The lowest BCUT2D eigenvalue weighted by Crippen LogP contribution is -2.48. The van der Waals surface area contributed by atoms with Crippen molar-refractivity contribution in [3.8, 4) is 0 Å². The van der Waals surface area contributed by atoms with Gasteiger partial charge in [0.2, 0.25) is 10.0 Å².